The Kier molecular flexibility index (Phi) is 5.89. The molecule has 1 aliphatic carbocycles. The summed E-state index contributed by atoms with van der Waals surface area (Å²) in [5, 5.41) is 12.1. The van der Waals surface area contributed by atoms with E-state index < -0.39 is 33.9 Å². The maximum atomic E-state index is 12.4. The summed E-state index contributed by atoms with van der Waals surface area (Å²) in [6.07, 6.45) is 3.67. The second-order valence-electron chi connectivity index (χ2n) is 6.48. The Morgan fingerprint density at radius 2 is 1.88 bits per heavy atom. The first-order chi connectivity index (χ1) is 11.6. The summed E-state index contributed by atoms with van der Waals surface area (Å²) in [5.74, 6) is -2.19. The van der Waals surface area contributed by atoms with Gasteiger partial charge >= 0.3 is 5.97 Å². The fourth-order valence-corrected chi connectivity index (χ4v) is 4.10. The molecule has 2 rings (SSSR count). The van der Waals surface area contributed by atoms with Crippen LogP contribution >= 0.6 is 0 Å². The number of hydrogen-bond acceptors (Lipinski definition) is 5. The normalized spacial score (nSPS) is 21.8. The van der Waals surface area contributed by atoms with Gasteiger partial charge in [0.1, 0.15) is 10.7 Å². The minimum atomic E-state index is -3.72. The molecule has 2 atom stereocenters. The average molecular weight is 372 g/mol. The summed E-state index contributed by atoms with van der Waals surface area (Å²) >= 11 is 0. The van der Waals surface area contributed by atoms with Crippen molar-refractivity contribution in [3.8, 4) is 0 Å². The van der Waals surface area contributed by atoms with Gasteiger partial charge in [0.05, 0.1) is 5.92 Å². The highest BCUT2D eigenvalue weighted by molar-refractivity contribution is 7.89. The zero-order chi connectivity index (χ0) is 18.8. The number of carbonyl (C=O) groups is 2. The average Bonchev–Trinajstić information content (AvgIpc) is 2.77. The van der Waals surface area contributed by atoms with Crippen LogP contribution in [-0.4, -0.2) is 49.8 Å². The number of aliphatic carboxylic acids is 1. The Labute approximate surface area is 147 Å². The second-order valence-corrected chi connectivity index (χ2v) is 8.60. The molecular weight excluding hydrogens is 348 g/mol. The zero-order valence-corrected chi connectivity index (χ0v) is 15.4. The van der Waals surface area contributed by atoms with Crippen LogP contribution in [0.4, 0.5) is 0 Å². The molecule has 9 heteroatoms. The van der Waals surface area contributed by atoms with Crippen LogP contribution in [0.3, 0.4) is 0 Å². The monoisotopic (exact) mass is 372 g/mol. The number of furan rings is 1. The molecule has 1 amide bonds. The lowest BCUT2D eigenvalue weighted by molar-refractivity contribution is -0.142. The quantitative estimate of drug-likeness (QED) is 0.758. The molecule has 8 nitrogen and oxygen atoms in total. The first-order valence-electron chi connectivity index (χ1n) is 8.21. The Bertz CT molecular complexity index is 753. The fraction of sp³-hybridized carbons (Fsp3) is 0.625. The number of carboxylic acids is 1. The third kappa shape index (κ3) is 4.21. The van der Waals surface area contributed by atoms with Crippen LogP contribution in [0.25, 0.3) is 0 Å². The van der Waals surface area contributed by atoms with E-state index in [9.17, 15) is 23.1 Å². The third-order valence-corrected chi connectivity index (χ3v) is 6.43. The molecule has 2 N–H and O–H groups in total. The smallest absolute Gasteiger partial charge is 0.308 e. The van der Waals surface area contributed by atoms with E-state index in [1.807, 2.05) is 0 Å². The number of rotatable bonds is 5. The molecule has 0 bridgehead atoms. The van der Waals surface area contributed by atoms with Crippen molar-refractivity contribution in [2.45, 2.75) is 50.0 Å². The van der Waals surface area contributed by atoms with Gasteiger partial charge in [-0.3, -0.25) is 9.59 Å². The number of aryl methyl sites for hydroxylation is 1. The Hall–Kier alpha value is -1.87. The van der Waals surface area contributed by atoms with Gasteiger partial charge in [-0.25, -0.2) is 12.7 Å². The molecule has 1 aromatic heterocycles. The SMILES string of the molecule is Cc1oc(C(=O)N[C@H]2CCCCC[C@H]2C(=O)O)cc1S(=O)(=O)N(C)C. The molecule has 0 unspecified atom stereocenters. The first-order valence-corrected chi connectivity index (χ1v) is 9.65. The number of nitrogens with one attached hydrogen (secondary N) is 1. The van der Waals surface area contributed by atoms with Crippen LogP contribution < -0.4 is 5.32 Å². The van der Waals surface area contributed by atoms with Gasteiger partial charge in [0.25, 0.3) is 5.91 Å². The van der Waals surface area contributed by atoms with Crippen molar-refractivity contribution in [1.29, 1.82) is 0 Å². The van der Waals surface area contributed by atoms with Crippen LogP contribution in [0.5, 0.6) is 0 Å². The van der Waals surface area contributed by atoms with Gasteiger partial charge in [-0.2, -0.15) is 0 Å². The van der Waals surface area contributed by atoms with Gasteiger partial charge in [0.2, 0.25) is 10.0 Å². The first kappa shape index (κ1) is 19.5. The van der Waals surface area contributed by atoms with E-state index in [-0.39, 0.29) is 16.4 Å². The van der Waals surface area contributed by atoms with E-state index in [1.165, 1.54) is 27.1 Å². The lowest BCUT2D eigenvalue weighted by Crippen LogP contribution is -2.42. The number of nitrogens with zero attached hydrogens (tertiary/aromatic N) is 1. The standard InChI is InChI=1S/C16H24N2O6S/c1-10-14(25(22,23)18(2)3)9-13(24-10)15(19)17-12-8-6-4-5-7-11(12)16(20)21/h9,11-12H,4-8H2,1-3H3,(H,17,19)(H,20,21)/t11-,12+/m1/s1. The molecule has 0 aliphatic heterocycles. The Morgan fingerprint density at radius 1 is 1.24 bits per heavy atom. The largest absolute Gasteiger partial charge is 0.481 e. The molecule has 1 aliphatic rings. The van der Waals surface area contributed by atoms with Gasteiger partial charge < -0.3 is 14.8 Å². The summed E-state index contributed by atoms with van der Waals surface area (Å²) in [6, 6.07) is 0.693. The van der Waals surface area contributed by atoms with Crippen LogP contribution in [-0.2, 0) is 14.8 Å². The highest BCUT2D eigenvalue weighted by Gasteiger charge is 2.32. The fourth-order valence-electron chi connectivity index (χ4n) is 3.05. The summed E-state index contributed by atoms with van der Waals surface area (Å²) in [5.41, 5.74) is 0. The van der Waals surface area contributed by atoms with Crippen molar-refractivity contribution < 1.29 is 27.5 Å². The minimum Gasteiger partial charge on any atom is -0.481 e. The number of carboxylic acid groups (broad SMARTS) is 1. The number of carbonyl (C=O) groups excluding carboxylic acids is 1. The summed E-state index contributed by atoms with van der Waals surface area (Å²) in [7, 11) is -0.931. The maximum absolute atomic E-state index is 12.4. The zero-order valence-electron chi connectivity index (χ0n) is 14.6. The summed E-state index contributed by atoms with van der Waals surface area (Å²) < 4.78 is 30.8. The van der Waals surface area contributed by atoms with E-state index in [2.05, 4.69) is 5.32 Å². The van der Waals surface area contributed by atoms with Gasteiger partial charge in [-0.1, -0.05) is 19.3 Å². The van der Waals surface area contributed by atoms with Crippen molar-refractivity contribution in [1.82, 2.24) is 9.62 Å². The molecule has 1 fully saturated rings. The van der Waals surface area contributed by atoms with Crippen molar-refractivity contribution in [3.63, 3.8) is 0 Å². The molecule has 0 saturated heterocycles. The molecule has 1 heterocycles. The van der Waals surface area contributed by atoms with Crippen molar-refractivity contribution in [3.05, 3.63) is 17.6 Å². The van der Waals surface area contributed by atoms with Crippen LogP contribution in [0, 0.1) is 12.8 Å². The van der Waals surface area contributed by atoms with Crippen LogP contribution in [0.15, 0.2) is 15.4 Å². The molecule has 140 valence electrons. The highest BCUT2D eigenvalue weighted by atomic mass is 32.2. The summed E-state index contributed by atoms with van der Waals surface area (Å²) in [6.45, 7) is 1.47. The Balaban J connectivity index is 2.22. The van der Waals surface area contributed by atoms with Crippen molar-refractivity contribution in [2.24, 2.45) is 5.92 Å². The predicted molar refractivity (Wildman–Crippen MR) is 89.8 cm³/mol. The number of hydrogen-bond donors (Lipinski definition) is 2. The lowest BCUT2D eigenvalue weighted by Gasteiger charge is -2.22. The Morgan fingerprint density at radius 3 is 2.48 bits per heavy atom. The van der Waals surface area contributed by atoms with Gasteiger partial charge in [-0.05, 0) is 19.8 Å². The van der Waals surface area contributed by atoms with E-state index >= 15 is 0 Å². The molecule has 0 spiro atoms. The van der Waals surface area contributed by atoms with E-state index in [4.69, 9.17) is 4.42 Å². The maximum Gasteiger partial charge on any atom is 0.308 e. The van der Waals surface area contributed by atoms with Crippen LogP contribution in [0.2, 0.25) is 0 Å². The topological polar surface area (TPSA) is 117 Å². The summed E-state index contributed by atoms with van der Waals surface area (Å²) in [4.78, 5) is 23.8. The van der Waals surface area contributed by atoms with Gasteiger partial charge in [0, 0.05) is 26.2 Å². The third-order valence-electron chi connectivity index (χ3n) is 4.50. The lowest BCUT2D eigenvalue weighted by atomic mass is 9.95. The van der Waals surface area contributed by atoms with E-state index in [0.717, 1.165) is 23.6 Å². The highest BCUT2D eigenvalue weighted by Crippen LogP contribution is 2.26. The second kappa shape index (κ2) is 7.57. The number of amides is 1. The van der Waals surface area contributed by atoms with E-state index in [1.54, 1.807) is 0 Å². The minimum absolute atomic E-state index is 0.0710. The number of sulfonamides is 1. The molecule has 1 saturated carbocycles. The van der Waals surface area contributed by atoms with Crippen molar-refractivity contribution >= 4 is 21.9 Å². The molecular formula is C16H24N2O6S. The molecule has 0 radical (unpaired) electrons. The van der Waals surface area contributed by atoms with Gasteiger partial charge in [0.15, 0.2) is 5.76 Å². The van der Waals surface area contributed by atoms with Gasteiger partial charge in [-0.15, -0.1) is 0 Å². The molecule has 0 aromatic carbocycles. The van der Waals surface area contributed by atoms with E-state index in [0.29, 0.717) is 12.8 Å². The molecule has 25 heavy (non-hydrogen) atoms. The van der Waals surface area contributed by atoms with Crippen LogP contribution in [0.1, 0.15) is 48.4 Å². The predicted octanol–water partition coefficient (Wildman–Crippen LogP) is 1.60. The molecule has 1 aromatic rings. The van der Waals surface area contributed by atoms with Crippen molar-refractivity contribution in [2.75, 3.05) is 14.1 Å².